The molecule has 0 radical (unpaired) electrons. The molecule has 0 spiro atoms. The maximum Gasteiger partial charge on any atom is 0.315 e. The van der Waals surface area contributed by atoms with E-state index < -0.39 is 0 Å². The Kier molecular flexibility index (Phi) is 6.34. The first-order valence-corrected chi connectivity index (χ1v) is 14.4. The lowest BCUT2D eigenvalue weighted by Gasteiger charge is -2.30. The average Bonchev–Trinajstić information content (AvgIpc) is 3.40. The van der Waals surface area contributed by atoms with Gasteiger partial charge in [-0.25, -0.2) is 9.97 Å². The van der Waals surface area contributed by atoms with Crippen molar-refractivity contribution in [3.63, 3.8) is 0 Å². The molecule has 11 nitrogen and oxygen atoms in total. The average molecular weight is 567 g/mol. The number of aromatic nitrogens is 5. The van der Waals surface area contributed by atoms with Crippen LogP contribution in [0.5, 0.6) is 5.75 Å². The number of hydrogen-bond acceptors (Lipinski definition) is 9. The molecule has 0 bridgehead atoms. The zero-order chi connectivity index (χ0) is 29.0. The Morgan fingerprint density at radius 3 is 2.71 bits per heavy atom. The summed E-state index contributed by atoms with van der Waals surface area (Å²) in [4.78, 5) is 32.3. The van der Waals surface area contributed by atoms with Gasteiger partial charge in [-0.1, -0.05) is 24.2 Å². The van der Waals surface area contributed by atoms with Crippen LogP contribution < -0.4 is 20.3 Å². The molecule has 2 aliphatic rings. The van der Waals surface area contributed by atoms with Gasteiger partial charge in [0.15, 0.2) is 5.82 Å². The fourth-order valence-corrected chi connectivity index (χ4v) is 5.89. The number of H-pyrrole nitrogens is 1. The molecule has 11 heteroatoms. The number of benzene rings is 2. The van der Waals surface area contributed by atoms with Crippen molar-refractivity contribution in [2.24, 2.45) is 0 Å². The number of nitrogens with zero attached hydrogens (tertiary/aromatic N) is 5. The molecular weight excluding hydrogens is 532 g/mol. The number of amides is 1. The number of carbonyl (C=O) groups excluding carboxylic acids is 1. The molecule has 3 aromatic heterocycles. The maximum atomic E-state index is 12.9. The van der Waals surface area contributed by atoms with Gasteiger partial charge in [-0.3, -0.25) is 4.79 Å². The topological polar surface area (TPSA) is 134 Å². The molecule has 5 aromatic rings. The Labute approximate surface area is 243 Å². The highest BCUT2D eigenvalue weighted by molar-refractivity contribution is 6.13. The molecule has 1 unspecified atom stereocenters. The second kappa shape index (κ2) is 10.1. The van der Waals surface area contributed by atoms with Gasteiger partial charge in [0.2, 0.25) is 0 Å². The molecular formula is C31H34N8O3. The summed E-state index contributed by atoms with van der Waals surface area (Å²) < 4.78 is 11.1. The zero-order valence-electron chi connectivity index (χ0n) is 24.2. The third-order valence-electron chi connectivity index (χ3n) is 8.66. The quantitative estimate of drug-likeness (QED) is 0.262. The SMILES string of the molecule is COc1cc2c(cc1N1CCNCC1)[nH]c1ncnc(-c3ccc(C(C)NC(=O)c4nc(C5(C)CC5)no4)c(C)c3)c12. The molecule has 1 atom stereocenters. The molecule has 3 N–H and O–H groups in total. The molecule has 1 amide bonds. The highest BCUT2D eigenvalue weighted by atomic mass is 16.5. The van der Waals surface area contributed by atoms with Crippen molar-refractivity contribution < 1.29 is 14.1 Å². The van der Waals surface area contributed by atoms with E-state index in [9.17, 15) is 4.79 Å². The zero-order valence-corrected chi connectivity index (χ0v) is 24.2. The molecule has 216 valence electrons. The number of methoxy groups -OCH3 is 1. The van der Waals surface area contributed by atoms with E-state index in [4.69, 9.17) is 14.2 Å². The summed E-state index contributed by atoms with van der Waals surface area (Å²) in [5.41, 5.74) is 6.60. The molecule has 4 heterocycles. The van der Waals surface area contributed by atoms with E-state index in [1.807, 2.05) is 26.0 Å². The van der Waals surface area contributed by atoms with E-state index in [1.54, 1.807) is 13.4 Å². The van der Waals surface area contributed by atoms with Gasteiger partial charge in [0.1, 0.15) is 17.7 Å². The smallest absolute Gasteiger partial charge is 0.315 e. The molecule has 7 rings (SSSR count). The Balaban J connectivity index is 1.19. The Morgan fingerprint density at radius 1 is 1.17 bits per heavy atom. The summed E-state index contributed by atoms with van der Waals surface area (Å²) in [6.07, 6.45) is 3.62. The number of ether oxygens (including phenoxy) is 1. The van der Waals surface area contributed by atoms with E-state index in [2.05, 4.69) is 60.8 Å². The first-order valence-electron chi connectivity index (χ1n) is 14.4. The minimum absolute atomic E-state index is 0.00231. The van der Waals surface area contributed by atoms with E-state index >= 15 is 0 Å². The van der Waals surface area contributed by atoms with E-state index in [-0.39, 0.29) is 23.3 Å². The Hall–Kier alpha value is -4.51. The Morgan fingerprint density at radius 2 is 1.98 bits per heavy atom. The van der Waals surface area contributed by atoms with Crippen molar-refractivity contribution >= 4 is 33.5 Å². The van der Waals surface area contributed by atoms with Crippen LogP contribution in [-0.4, -0.2) is 64.3 Å². The van der Waals surface area contributed by atoms with Crippen molar-refractivity contribution in [2.45, 2.75) is 45.1 Å². The highest BCUT2D eigenvalue weighted by Gasteiger charge is 2.44. The third kappa shape index (κ3) is 4.53. The molecule has 2 fully saturated rings. The maximum absolute atomic E-state index is 12.9. The number of rotatable bonds is 7. The highest BCUT2D eigenvalue weighted by Crippen LogP contribution is 2.46. The molecule has 2 aromatic carbocycles. The van der Waals surface area contributed by atoms with Gasteiger partial charge in [0.05, 0.1) is 35.4 Å². The molecule has 1 saturated heterocycles. The second-order valence-corrected chi connectivity index (χ2v) is 11.6. The number of carbonyl (C=O) groups is 1. The van der Waals surface area contributed by atoms with E-state index in [0.29, 0.717) is 5.82 Å². The first kappa shape index (κ1) is 26.4. The van der Waals surface area contributed by atoms with Gasteiger partial charge < -0.3 is 29.8 Å². The van der Waals surface area contributed by atoms with Crippen LogP contribution in [0, 0.1) is 6.92 Å². The van der Waals surface area contributed by atoms with Crippen LogP contribution in [0.3, 0.4) is 0 Å². The van der Waals surface area contributed by atoms with Gasteiger partial charge >= 0.3 is 11.8 Å². The summed E-state index contributed by atoms with van der Waals surface area (Å²) in [6.45, 7) is 9.80. The standard InChI is InChI=1S/C31H34N8O3/c1-17-13-19(5-6-20(17)18(2)35-28(40)29-37-30(38-42-29)31(3)7-8-31)26-25-21-14-24(41-4)23(39-11-9-32-10-12-39)15-22(21)36-27(25)34-16-33-26/h5-6,13-16,18,32H,7-12H2,1-4H3,(H,35,40)(H,33,34,36). The predicted molar refractivity (Wildman–Crippen MR) is 160 cm³/mol. The molecule has 1 saturated carbocycles. The predicted octanol–water partition coefficient (Wildman–Crippen LogP) is 4.43. The summed E-state index contributed by atoms with van der Waals surface area (Å²) in [5.74, 6) is 1.06. The summed E-state index contributed by atoms with van der Waals surface area (Å²) >= 11 is 0. The lowest BCUT2D eigenvalue weighted by Crippen LogP contribution is -2.43. The van der Waals surface area contributed by atoms with Crippen LogP contribution in [0.1, 0.15) is 60.4 Å². The van der Waals surface area contributed by atoms with Gasteiger partial charge in [-0.2, -0.15) is 4.98 Å². The van der Waals surface area contributed by atoms with Crippen molar-refractivity contribution in [1.29, 1.82) is 0 Å². The minimum atomic E-state index is -0.376. The summed E-state index contributed by atoms with van der Waals surface area (Å²) in [6, 6.07) is 10.2. The summed E-state index contributed by atoms with van der Waals surface area (Å²) in [5, 5.41) is 12.4. The molecule has 1 aliphatic carbocycles. The van der Waals surface area contributed by atoms with Crippen LogP contribution in [0.15, 0.2) is 41.2 Å². The van der Waals surface area contributed by atoms with Crippen LogP contribution in [0.25, 0.3) is 33.2 Å². The first-order chi connectivity index (χ1) is 20.3. The minimum Gasteiger partial charge on any atom is -0.495 e. The van der Waals surface area contributed by atoms with Gasteiger partial charge in [-0.15, -0.1) is 0 Å². The van der Waals surface area contributed by atoms with Gasteiger partial charge in [0, 0.05) is 42.5 Å². The number of anilines is 1. The fraction of sp³-hybridized carbons (Fsp3) is 0.387. The number of hydrogen-bond donors (Lipinski definition) is 3. The number of aryl methyl sites for hydroxylation is 1. The number of aromatic amines is 1. The van der Waals surface area contributed by atoms with E-state index in [1.165, 1.54) is 0 Å². The lowest BCUT2D eigenvalue weighted by molar-refractivity contribution is 0.0895. The van der Waals surface area contributed by atoms with Gasteiger partial charge in [-0.05, 0) is 56.0 Å². The largest absolute Gasteiger partial charge is 0.495 e. The van der Waals surface area contributed by atoms with Gasteiger partial charge in [0.25, 0.3) is 0 Å². The van der Waals surface area contributed by atoms with Crippen molar-refractivity contribution in [1.82, 2.24) is 35.7 Å². The molecule has 1 aliphatic heterocycles. The van der Waals surface area contributed by atoms with Crippen molar-refractivity contribution in [2.75, 3.05) is 38.2 Å². The van der Waals surface area contributed by atoms with Crippen LogP contribution in [0.2, 0.25) is 0 Å². The summed E-state index contributed by atoms with van der Waals surface area (Å²) in [7, 11) is 1.71. The monoisotopic (exact) mass is 566 g/mol. The van der Waals surface area contributed by atoms with Crippen LogP contribution in [0.4, 0.5) is 5.69 Å². The normalized spacial score (nSPS) is 17.0. The third-order valence-corrected chi connectivity index (χ3v) is 8.66. The lowest BCUT2D eigenvalue weighted by atomic mass is 9.97. The van der Waals surface area contributed by atoms with Crippen LogP contribution >= 0.6 is 0 Å². The van der Waals surface area contributed by atoms with Crippen molar-refractivity contribution in [3.05, 3.63) is 59.5 Å². The number of fused-ring (bicyclic) bond motifs is 3. The molecule has 42 heavy (non-hydrogen) atoms. The fourth-order valence-electron chi connectivity index (χ4n) is 5.89. The van der Waals surface area contributed by atoms with Crippen molar-refractivity contribution in [3.8, 4) is 17.0 Å². The Bertz CT molecular complexity index is 1820. The number of piperazine rings is 1. The van der Waals surface area contributed by atoms with Crippen LogP contribution in [-0.2, 0) is 5.41 Å². The van der Waals surface area contributed by atoms with E-state index in [0.717, 1.165) is 94.8 Å². The number of nitrogens with one attached hydrogen (secondary N) is 3. The second-order valence-electron chi connectivity index (χ2n) is 11.6.